The molecule has 0 amide bonds. The Hall–Kier alpha value is -1.81. The van der Waals surface area contributed by atoms with E-state index < -0.39 is 0 Å². The topological polar surface area (TPSA) is 35.5 Å². The Morgan fingerprint density at radius 1 is 1.09 bits per heavy atom. The van der Waals surface area contributed by atoms with Crippen LogP contribution in [0.15, 0.2) is 53.0 Å². The number of benzene rings is 2. The van der Waals surface area contributed by atoms with Crippen molar-refractivity contribution in [3.8, 4) is 5.75 Å². The highest BCUT2D eigenvalue weighted by molar-refractivity contribution is 9.10. The van der Waals surface area contributed by atoms with Crippen LogP contribution in [-0.4, -0.2) is 12.6 Å². The molecule has 2 aromatic carbocycles. The first-order valence-corrected chi connectivity index (χ1v) is 8.09. The highest BCUT2D eigenvalue weighted by Crippen LogP contribution is 2.27. The van der Waals surface area contributed by atoms with Crippen molar-refractivity contribution in [2.45, 2.75) is 26.4 Å². The predicted molar refractivity (Wildman–Crippen MR) is 89.9 cm³/mol. The lowest BCUT2D eigenvalue weighted by Crippen LogP contribution is -2.05. The molecular weight excluding hydrogens is 344 g/mol. The number of carbonyl (C=O) groups is 1. The molecular formula is C18H19BrO3. The van der Waals surface area contributed by atoms with E-state index in [1.54, 1.807) is 0 Å². The van der Waals surface area contributed by atoms with Crippen molar-refractivity contribution >= 4 is 21.9 Å². The molecule has 0 bridgehead atoms. The first kappa shape index (κ1) is 16.6. The predicted octanol–water partition coefficient (Wildman–Crippen LogP) is 4.52. The van der Waals surface area contributed by atoms with Crippen LogP contribution >= 0.6 is 15.9 Å². The molecule has 0 aromatic heterocycles. The Morgan fingerprint density at radius 2 is 1.86 bits per heavy atom. The maximum absolute atomic E-state index is 11.4. The van der Waals surface area contributed by atoms with Crippen molar-refractivity contribution in [1.82, 2.24) is 0 Å². The minimum Gasteiger partial charge on any atom is -0.488 e. The average molecular weight is 363 g/mol. The van der Waals surface area contributed by atoms with Crippen LogP contribution in [0.1, 0.15) is 24.5 Å². The van der Waals surface area contributed by atoms with Crippen molar-refractivity contribution in [2.75, 3.05) is 6.61 Å². The number of hydrogen-bond acceptors (Lipinski definition) is 3. The highest BCUT2D eigenvalue weighted by atomic mass is 79.9. The number of rotatable bonds is 7. The molecule has 0 saturated heterocycles. The summed E-state index contributed by atoms with van der Waals surface area (Å²) in [6.07, 6.45) is 1.06. The molecule has 0 saturated carbocycles. The Bertz CT molecular complexity index is 611. The standard InChI is InChI=1S/C18H19BrO3/c1-2-21-18(20)11-9-14-8-10-17(16(19)12-14)22-13-15-6-4-3-5-7-15/h3-8,10,12H,2,9,11,13H2,1H3. The van der Waals surface area contributed by atoms with Crippen molar-refractivity contribution in [3.63, 3.8) is 0 Å². The summed E-state index contributed by atoms with van der Waals surface area (Å²) < 4.78 is 11.6. The summed E-state index contributed by atoms with van der Waals surface area (Å²) in [6.45, 7) is 2.77. The highest BCUT2D eigenvalue weighted by Gasteiger charge is 2.06. The fourth-order valence-electron chi connectivity index (χ4n) is 2.03. The first-order chi connectivity index (χ1) is 10.7. The number of aryl methyl sites for hydroxylation is 1. The van der Waals surface area contributed by atoms with Crippen molar-refractivity contribution in [3.05, 3.63) is 64.1 Å². The second-order valence-electron chi connectivity index (χ2n) is 4.84. The quantitative estimate of drug-likeness (QED) is 0.679. The fraction of sp³-hybridized carbons (Fsp3) is 0.278. The van der Waals surface area contributed by atoms with Gasteiger partial charge >= 0.3 is 5.97 Å². The van der Waals surface area contributed by atoms with Crippen LogP contribution in [0.4, 0.5) is 0 Å². The molecule has 0 aliphatic carbocycles. The molecule has 4 heteroatoms. The third-order valence-electron chi connectivity index (χ3n) is 3.16. The van der Waals surface area contributed by atoms with Gasteiger partial charge in [-0.25, -0.2) is 0 Å². The van der Waals surface area contributed by atoms with E-state index in [1.165, 1.54) is 0 Å². The minimum absolute atomic E-state index is 0.164. The first-order valence-electron chi connectivity index (χ1n) is 7.30. The summed E-state index contributed by atoms with van der Waals surface area (Å²) in [6, 6.07) is 15.9. The molecule has 0 N–H and O–H groups in total. The third kappa shape index (κ3) is 5.19. The van der Waals surface area contributed by atoms with Gasteiger partial charge in [0.15, 0.2) is 0 Å². The zero-order chi connectivity index (χ0) is 15.8. The smallest absolute Gasteiger partial charge is 0.306 e. The van der Waals surface area contributed by atoms with Gasteiger partial charge in [0.05, 0.1) is 11.1 Å². The largest absolute Gasteiger partial charge is 0.488 e. The maximum atomic E-state index is 11.4. The van der Waals surface area contributed by atoms with Crippen molar-refractivity contribution in [1.29, 1.82) is 0 Å². The Morgan fingerprint density at radius 3 is 2.55 bits per heavy atom. The van der Waals surface area contributed by atoms with Gasteiger partial charge in [0, 0.05) is 6.42 Å². The van der Waals surface area contributed by atoms with Crippen LogP contribution in [0.3, 0.4) is 0 Å². The van der Waals surface area contributed by atoms with Crippen LogP contribution in [0.25, 0.3) is 0 Å². The molecule has 116 valence electrons. The number of halogens is 1. The minimum atomic E-state index is -0.164. The maximum Gasteiger partial charge on any atom is 0.306 e. The van der Waals surface area contributed by atoms with Gasteiger partial charge in [0.25, 0.3) is 0 Å². The van der Waals surface area contributed by atoms with E-state index in [4.69, 9.17) is 9.47 Å². The molecule has 0 atom stereocenters. The SMILES string of the molecule is CCOC(=O)CCc1ccc(OCc2ccccc2)c(Br)c1. The molecule has 22 heavy (non-hydrogen) atoms. The molecule has 0 heterocycles. The lowest BCUT2D eigenvalue weighted by Gasteiger charge is -2.10. The molecule has 0 aliphatic rings. The summed E-state index contributed by atoms with van der Waals surface area (Å²) in [7, 11) is 0. The Labute approximate surface area is 139 Å². The molecule has 2 rings (SSSR count). The monoisotopic (exact) mass is 362 g/mol. The van der Waals surface area contributed by atoms with Crippen LogP contribution in [0.2, 0.25) is 0 Å². The van der Waals surface area contributed by atoms with Crippen LogP contribution in [0.5, 0.6) is 5.75 Å². The number of ether oxygens (including phenoxy) is 2. The lowest BCUT2D eigenvalue weighted by atomic mass is 10.1. The lowest BCUT2D eigenvalue weighted by molar-refractivity contribution is -0.143. The molecule has 2 aromatic rings. The summed E-state index contributed by atoms with van der Waals surface area (Å²) in [5.41, 5.74) is 2.20. The Kier molecular flexibility index (Phi) is 6.46. The average Bonchev–Trinajstić information content (AvgIpc) is 2.53. The van der Waals surface area contributed by atoms with Crippen molar-refractivity contribution < 1.29 is 14.3 Å². The zero-order valence-electron chi connectivity index (χ0n) is 12.5. The molecule has 0 aliphatic heterocycles. The summed E-state index contributed by atoms with van der Waals surface area (Å²) in [4.78, 5) is 11.4. The fourth-order valence-corrected chi connectivity index (χ4v) is 2.57. The van der Waals surface area contributed by atoms with E-state index in [2.05, 4.69) is 15.9 Å². The molecule has 0 radical (unpaired) electrons. The van der Waals surface area contributed by atoms with Crippen LogP contribution < -0.4 is 4.74 Å². The normalized spacial score (nSPS) is 10.3. The second-order valence-corrected chi connectivity index (χ2v) is 5.70. The van der Waals surface area contributed by atoms with Crippen LogP contribution in [0, 0.1) is 0 Å². The van der Waals surface area contributed by atoms with E-state index in [-0.39, 0.29) is 5.97 Å². The van der Waals surface area contributed by atoms with E-state index in [0.717, 1.165) is 21.3 Å². The van der Waals surface area contributed by atoms with Gasteiger partial charge in [0.1, 0.15) is 12.4 Å². The zero-order valence-corrected chi connectivity index (χ0v) is 14.1. The number of esters is 1. The number of carbonyl (C=O) groups excluding carboxylic acids is 1. The molecule has 3 nitrogen and oxygen atoms in total. The summed E-state index contributed by atoms with van der Waals surface area (Å²) in [5.74, 6) is 0.631. The molecule has 0 spiro atoms. The van der Waals surface area contributed by atoms with Gasteiger partial charge in [-0.3, -0.25) is 4.79 Å². The van der Waals surface area contributed by atoms with Gasteiger partial charge in [0.2, 0.25) is 0 Å². The molecule has 0 unspecified atom stereocenters. The van der Waals surface area contributed by atoms with E-state index in [1.807, 2.05) is 55.5 Å². The third-order valence-corrected chi connectivity index (χ3v) is 3.78. The van der Waals surface area contributed by atoms with Gasteiger partial charge in [-0.2, -0.15) is 0 Å². The number of hydrogen-bond donors (Lipinski definition) is 0. The van der Waals surface area contributed by atoms with Gasteiger partial charge in [-0.15, -0.1) is 0 Å². The van der Waals surface area contributed by atoms with Crippen molar-refractivity contribution in [2.24, 2.45) is 0 Å². The summed E-state index contributed by atoms with van der Waals surface area (Å²) in [5, 5.41) is 0. The summed E-state index contributed by atoms with van der Waals surface area (Å²) >= 11 is 3.52. The Balaban J connectivity index is 1.90. The van der Waals surface area contributed by atoms with Gasteiger partial charge in [-0.05, 0) is 52.5 Å². The van der Waals surface area contributed by atoms with Gasteiger partial charge in [-0.1, -0.05) is 36.4 Å². The van der Waals surface area contributed by atoms with Crippen LogP contribution in [-0.2, 0) is 22.6 Å². The second kappa shape index (κ2) is 8.59. The van der Waals surface area contributed by atoms with Gasteiger partial charge < -0.3 is 9.47 Å². The molecule has 0 fully saturated rings. The van der Waals surface area contributed by atoms with E-state index in [9.17, 15) is 4.79 Å². The van der Waals surface area contributed by atoms with E-state index >= 15 is 0 Å². The van der Waals surface area contributed by atoms with E-state index in [0.29, 0.717) is 26.1 Å².